The Bertz CT molecular complexity index is 711. The summed E-state index contributed by atoms with van der Waals surface area (Å²) in [6.07, 6.45) is 3.59. The van der Waals surface area contributed by atoms with Gasteiger partial charge in [-0.3, -0.25) is 4.99 Å². The van der Waals surface area contributed by atoms with Crippen LogP contribution < -0.4 is 15.5 Å². The van der Waals surface area contributed by atoms with Crippen molar-refractivity contribution in [3.05, 3.63) is 42.3 Å². The minimum absolute atomic E-state index is 0. The fraction of sp³-hybridized carbons (Fsp3) is 0.267. The number of hydrogen-bond acceptors (Lipinski definition) is 5. The molecule has 0 saturated heterocycles. The van der Waals surface area contributed by atoms with Gasteiger partial charge in [-0.05, 0) is 19.9 Å². The van der Waals surface area contributed by atoms with Crippen LogP contribution in [0.3, 0.4) is 0 Å². The fourth-order valence-electron chi connectivity index (χ4n) is 1.88. The van der Waals surface area contributed by atoms with E-state index in [0.29, 0.717) is 24.1 Å². The highest BCUT2D eigenvalue weighted by molar-refractivity contribution is 5.56. The SMILES string of the molecule is C=Cn1ccc(Nc2cc(OCC)nc(C)n2)cc1=NC.[HH]. The number of aromatic nitrogens is 3. The van der Waals surface area contributed by atoms with Gasteiger partial charge in [0.15, 0.2) is 0 Å². The van der Waals surface area contributed by atoms with Gasteiger partial charge >= 0.3 is 0 Å². The monoisotopic (exact) mass is 287 g/mol. The molecule has 0 bridgehead atoms. The summed E-state index contributed by atoms with van der Waals surface area (Å²) in [6, 6.07) is 5.61. The van der Waals surface area contributed by atoms with E-state index < -0.39 is 0 Å². The van der Waals surface area contributed by atoms with Crippen LogP contribution in [-0.4, -0.2) is 28.2 Å². The molecule has 2 aromatic heterocycles. The molecule has 2 heterocycles. The molecule has 2 rings (SSSR count). The van der Waals surface area contributed by atoms with Crippen LogP contribution in [0.1, 0.15) is 14.2 Å². The van der Waals surface area contributed by atoms with Crippen LogP contribution in [0.15, 0.2) is 36.0 Å². The summed E-state index contributed by atoms with van der Waals surface area (Å²) in [6.45, 7) is 8.06. The second-order valence-corrected chi connectivity index (χ2v) is 4.28. The third kappa shape index (κ3) is 3.68. The highest BCUT2D eigenvalue weighted by Crippen LogP contribution is 2.17. The van der Waals surface area contributed by atoms with Crippen LogP contribution >= 0.6 is 0 Å². The van der Waals surface area contributed by atoms with Crippen molar-refractivity contribution < 1.29 is 6.16 Å². The average molecular weight is 287 g/mol. The van der Waals surface area contributed by atoms with Gasteiger partial charge in [0.2, 0.25) is 5.88 Å². The molecule has 112 valence electrons. The Hall–Kier alpha value is -2.63. The zero-order valence-electron chi connectivity index (χ0n) is 12.5. The molecule has 0 atom stereocenters. The minimum atomic E-state index is 0. The van der Waals surface area contributed by atoms with Gasteiger partial charge in [0.05, 0.1) is 6.61 Å². The number of rotatable bonds is 5. The molecular formula is C15H21N5O. The molecule has 0 aliphatic carbocycles. The Kier molecular flexibility index (Phi) is 4.71. The molecule has 0 unspecified atom stereocenters. The van der Waals surface area contributed by atoms with Crippen molar-refractivity contribution in [3.8, 4) is 5.88 Å². The molecule has 0 saturated carbocycles. The van der Waals surface area contributed by atoms with E-state index in [0.717, 1.165) is 11.2 Å². The largest absolute Gasteiger partial charge is 0.478 e. The van der Waals surface area contributed by atoms with Crippen LogP contribution in [0.4, 0.5) is 11.5 Å². The van der Waals surface area contributed by atoms with Crippen molar-refractivity contribution in [2.45, 2.75) is 13.8 Å². The van der Waals surface area contributed by atoms with E-state index in [-0.39, 0.29) is 1.43 Å². The van der Waals surface area contributed by atoms with Crippen molar-refractivity contribution in [2.75, 3.05) is 19.0 Å². The first-order valence-electron chi connectivity index (χ1n) is 6.69. The predicted octanol–water partition coefficient (Wildman–Crippen LogP) is 2.61. The number of anilines is 2. The maximum absolute atomic E-state index is 5.42. The molecule has 2 aromatic rings. The highest BCUT2D eigenvalue weighted by Gasteiger charge is 2.03. The van der Waals surface area contributed by atoms with E-state index in [1.54, 1.807) is 19.3 Å². The first-order valence-corrected chi connectivity index (χ1v) is 6.69. The standard InChI is InChI=1S/C15H19N5O.H2/c1-5-20-8-7-12(9-14(20)16-4)19-13-10-15(21-6-2)18-11(3)17-13;/h5,7-10H,1,6H2,2-4H3,(H,17,18,19);1H. The van der Waals surface area contributed by atoms with Crippen molar-refractivity contribution >= 4 is 17.7 Å². The lowest BCUT2D eigenvalue weighted by molar-refractivity contribution is 0.325. The summed E-state index contributed by atoms with van der Waals surface area (Å²) < 4.78 is 7.25. The first kappa shape index (κ1) is 14.8. The van der Waals surface area contributed by atoms with Gasteiger partial charge in [0, 0.05) is 38.7 Å². The molecule has 0 spiro atoms. The van der Waals surface area contributed by atoms with Crippen LogP contribution in [0.5, 0.6) is 5.88 Å². The Balaban J connectivity index is 0.00000242. The van der Waals surface area contributed by atoms with Gasteiger partial charge in [-0.25, -0.2) is 4.98 Å². The van der Waals surface area contributed by atoms with Crippen molar-refractivity contribution in [3.63, 3.8) is 0 Å². The Morgan fingerprint density at radius 3 is 2.95 bits per heavy atom. The zero-order valence-corrected chi connectivity index (χ0v) is 12.5. The van der Waals surface area contributed by atoms with Gasteiger partial charge in [0.25, 0.3) is 0 Å². The van der Waals surface area contributed by atoms with Gasteiger partial charge in [-0.2, -0.15) is 4.98 Å². The maximum Gasteiger partial charge on any atom is 0.218 e. The molecule has 6 nitrogen and oxygen atoms in total. The smallest absolute Gasteiger partial charge is 0.218 e. The Morgan fingerprint density at radius 1 is 1.48 bits per heavy atom. The molecule has 6 heteroatoms. The molecule has 0 aliphatic rings. The summed E-state index contributed by atoms with van der Waals surface area (Å²) >= 11 is 0. The van der Waals surface area contributed by atoms with Crippen LogP contribution in [0.25, 0.3) is 6.20 Å². The number of nitrogens with one attached hydrogen (secondary N) is 1. The second kappa shape index (κ2) is 6.69. The first-order chi connectivity index (χ1) is 10.2. The number of nitrogens with zero attached hydrogens (tertiary/aromatic N) is 4. The summed E-state index contributed by atoms with van der Waals surface area (Å²) in [5, 5.41) is 3.23. The number of hydrogen-bond donors (Lipinski definition) is 1. The second-order valence-electron chi connectivity index (χ2n) is 4.28. The molecule has 21 heavy (non-hydrogen) atoms. The topological polar surface area (TPSA) is 64.3 Å². The van der Waals surface area contributed by atoms with E-state index in [4.69, 9.17) is 4.74 Å². The van der Waals surface area contributed by atoms with Gasteiger partial charge < -0.3 is 14.6 Å². The number of pyridine rings is 1. The Labute approximate surface area is 125 Å². The third-order valence-electron chi connectivity index (χ3n) is 2.77. The molecular weight excluding hydrogens is 266 g/mol. The predicted molar refractivity (Wildman–Crippen MR) is 85.6 cm³/mol. The summed E-state index contributed by atoms with van der Waals surface area (Å²) in [4.78, 5) is 12.8. The van der Waals surface area contributed by atoms with E-state index in [2.05, 4.69) is 26.9 Å². The molecule has 0 aromatic carbocycles. The van der Waals surface area contributed by atoms with Crippen molar-refractivity contribution in [2.24, 2.45) is 4.99 Å². The number of ether oxygens (including phenoxy) is 1. The lowest BCUT2D eigenvalue weighted by atomic mass is 10.3. The van der Waals surface area contributed by atoms with E-state index in [1.807, 2.05) is 36.7 Å². The quantitative estimate of drug-likeness (QED) is 0.918. The molecule has 1 N–H and O–H groups in total. The van der Waals surface area contributed by atoms with Gasteiger partial charge in [0.1, 0.15) is 17.1 Å². The molecule has 0 radical (unpaired) electrons. The average Bonchev–Trinajstić information content (AvgIpc) is 2.46. The summed E-state index contributed by atoms with van der Waals surface area (Å²) in [7, 11) is 1.74. The fourth-order valence-corrected chi connectivity index (χ4v) is 1.88. The van der Waals surface area contributed by atoms with E-state index in [1.165, 1.54) is 0 Å². The molecule has 0 amide bonds. The van der Waals surface area contributed by atoms with Crippen LogP contribution in [0.2, 0.25) is 0 Å². The normalized spacial score (nSPS) is 11.3. The highest BCUT2D eigenvalue weighted by atomic mass is 16.5. The third-order valence-corrected chi connectivity index (χ3v) is 2.77. The minimum Gasteiger partial charge on any atom is -0.478 e. The summed E-state index contributed by atoms with van der Waals surface area (Å²) in [5.74, 6) is 1.90. The molecule has 0 aliphatic heterocycles. The zero-order chi connectivity index (χ0) is 15.2. The molecule has 0 fully saturated rings. The van der Waals surface area contributed by atoms with Gasteiger partial charge in [-0.15, -0.1) is 0 Å². The lowest BCUT2D eigenvalue weighted by Gasteiger charge is -2.10. The summed E-state index contributed by atoms with van der Waals surface area (Å²) in [5.41, 5.74) is 1.68. The van der Waals surface area contributed by atoms with Crippen LogP contribution in [0, 0.1) is 6.92 Å². The van der Waals surface area contributed by atoms with E-state index >= 15 is 0 Å². The van der Waals surface area contributed by atoms with Crippen molar-refractivity contribution in [1.82, 2.24) is 14.5 Å². The van der Waals surface area contributed by atoms with Crippen molar-refractivity contribution in [1.29, 1.82) is 0 Å². The van der Waals surface area contributed by atoms with Gasteiger partial charge in [-0.1, -0.05) is 6.58 Å². The van der Waals surface area contributed by atoms with E-state index in [9.17, 15) is 0 Å². The Morgan fingerprint density at radius 2 is 2.29 bits per heavy atom. The number of aryl methyl sites for hydroxylation is 1. The van der Waals surface area contributed by atoms with Crippen LogP contribution in [-0.2, 0) is 0 Å². The lowest BCUT2D eigenvalue weighted by Crippen LogP contribution is -2.15. The maximum atomic E-state index is 5.42.